The first-order valence-corrected chi connectivity index (χ1v) is 7.11. The fourth-order valence-corrected chi connectivity index (χ4v) is 2.48. The second-order valence-electron chi connectivity index (χ2n) is 3.94. The molecule has 0 bridgehead atoms. The second-order valence-corrected chi connectivity index (χ2v) is 5.89. The highest BCUT2D eigenvalue weighted by Crippen LogP contribution is 2.24. The van der Waals surface area contributed by atoms with Crippen LogP contribution in [0.4, 0.5) is 0 Å². The standard InChI is InChI=1S/C13H20ClNS/c1-3-4-9-15-10-11(2)16-13-7-5-12(14)6-8-13/h5-8,11,15H,3-4,9-10H2,1-2H3. The molecule has 0 aromatic heterocycles. The average molecular weight is 258 g/mol. The Balaban J connectivity index is 2.23. The van der Waals surface area contributed by atoms with Gasteiger partial charge < -0.3 is 5.32 Å². The van der Waals surface area contributed by atoms with Gasteiger partial charge in [0.15, 0.2) is 0 Å². The van der Waals surface area contributed by atoms with Crippen LogP contribution >= 0.6 is 23.4 Å². The van der Waals surface area contributed by atoms with E-state index in [1.54, 1.807) is 0 Å². The lowest BCUT2D eigenvalue weighted by Gasteiger charge is -2.12. The van der Waals surface area contributed by atoms with Crippen LogP contribution in [0, 0.1) is 0 Å². The molecular weight excluding hydrogens is 238 g/mol. The summed E-state index contributed by atoms with van der Waals surface area (Å²) in [5.41, 5.74) is 0. The fourth-order valence-electron chi connectivity index (χ4n) is 1.39. The SMILES string of the molecule is CCCCNCC(C)Sc1ccc(Cl)cc1. The zero-order chi connectivity index (χ0) is 11.8. The molecule has 1 atom stereocenters. The lowest BCUT2D eigenvalue weighted by atomic mass is 10.3. The summed E-state index contributed by atoms with van der Waals surface area (Å²) in [5, 5.41) is 4.87. The van der Waals surface area contributed by atoms with E-state index < -0.39 is 0 Å². The van der Waals surface area contributed by atoms with Crippen LogP contribution in [0.1, 0.15) is 26.7 Å². The molecule has 1 aromatic rings. The first-order chi connectivity index (χ1) is 7.72. The van der Waals surface area contributed by atoms with Crippen molar-refractivity contribution in [1.29, 1.82) is 0 Å². The number of hydrogen-bond donors (Lipinski definition) is 1. The van der Waals surface area contributed by atoms with Crippen molar-refractivity contribution < 1.29 is 0 Å². The Morgan fingerprint density at radius 3 is 2.62 bits per heavy atom. The zero-order valence-electron chi connectivity index (χ0n) is 10.0. The Hall–Kier alpha value is -0.180. The molecule has 0 aliphatic heterocycles. The first kappa shape index (κ1) is 13.9. The molecule has 16 heavy (non-hydrogen) atoms. The Morgan fingerprint density at radius 1 is 1.31 bits per heavy atom. The Labute approximate surface area is 108 Å². The number of benzene rings is 1. The van der Waals surface area contributed by atoms with E-state index in [0.717, 1.165) is 18.1 Å². The number of nitrogens with one attached hydrogen (secondary N) is 1. The molecule has 0 spiro atoms. The van der Waals surface area contributed by atoms with Crippen molar-refractivity contribution >= 4 is 23.4 Å². The van der Waals surface area contributed by atoms with E-state index >= 15 is 0 Å². The van der Waals surface area contributed by atoms with Crippen molar-refractivity contribution in [1.82, 2.24) is 5.32 Å². The lowest BCUT2D eigenvalue weighted by Crippen LogP contribution is -2.23. The highest BCUT2D eigenvalue weighted by atomic mass is 35.5. The minimum absolute atomic E-state index is 0.595. The average Bonchev–Trinajstić information content (AvgIpc) is 2.28. The van der Waals surface area contributed by atoms with Gasteiger partial charge in [-0.15, -0.1) is 11.8 Å². The number of unbranched alkanes of at least 4 members (excludes halogenated alkanes) is 1. The van der Waals surface area contributed by atoms with Crippen molar-refractivity contribution in [3.63, 3.8) is 0 Å². The third kappa shape index (κ3) is 5.78. The van der Waals surface area contributed by atoms with Gasteiger partial charge in [-0.3, -0.25) is 0 Å². The van der Waals surface area contributed by atoms with E-state index in [2.05, 4.69) is 31.3 Å². The number of rotatable bonds is 7. The summed E-state index contributed by atoms with van der Waals surface area (Å²) in [6.07, 6.45) is 2.52. The molecule has 0 aliphatic carbocycles. The van der Waals surface area contributed by atoms with E-state index in [-0.39, 0.29) is 0 Å². The molecule has 0 aliphatic rings. The van der Waals surface area contributed by atoms with Crippen LogP contribution in [0.15, 0.2) is 29.2 Å². The Morgan fingerprint density at radius 2 is 2.00 bits per heavy atom. The van der Waals surface area contributed by atoms with Crippen LogP contribution in [0.25, 0.3) is 0 Å². The lowest BCUT2D eigenvalue weighted by molar-refractivity contribution is 0.638. The smallest absolute Gasteiger partial charge is 0.0406 e. The van der Waals surface area contributed by atoms with Crippen LogP contribution in [0.5, 0.6) is 0 Å². The molecule has 1 nitrogen and oxygen atoms in total. The summed E-state index contributed by atoms with van der Waals surface area (Å²) < 4.78 is 0. The molecular formula is C13H20ClNS. The maximum Gasteiger partial charge on any atom is 0.0406 e. The summed E-state index contributed by atoms with van der Waals surface area (Å²) in [4.78, 5) is 1.29. The van der Waals surface area contributed by atoms with Gasteiger partial charge in [0, 0.05) is 21.7 Å². The van der Waals surface area contributed by atoms with Crippen LogP contribution in [-0.2, 0) is 0 Å². The van der Waals surface area contributed by atoms with Gasteiger partial charge in [-0.2, -0.15) is 0 Å². The minimum atomic E-state index is 0.595. The van der Waals surface area contributed by atoms with Gasteiger partial charge in [-0.1, -0.05) is 31.9 Å². The summed E-state index contributed by atoms with van der Waals surface area (Å²) in [5.74, 6) is 0. The van der Waals surface area contributed by atoms with E-state index in [4.69, 9.17) is 11.6 Å². The third-order valence-corrected chi connectivity index (χ3v) is 3.66. The van der Waals surface area contributed by atoms with Gasteiger partial charge in [0.05, 0.1) is 0 Å². The summed E-state index contributed by atoms with van der Waals surface area (Å²) in [7, 11) is 0. The molecule has 1 rings (SSSR count). The number of thioether (sulfide) groups is 1. The normalized spacial score (nSPS) is 12.7. The highest BCUT2D eigenvalue weighted by molar-refractivity contribution is 8.00. The maximum absolute atomic E-state index is 5.84. The second kappa shape index (κ2) is 7.99. The molecule has 1 N–H and O–H groups in total. The van der Waals surface area contributed by atoms with Gasteiger partial charge in [-0.25, -0.2) is 0 Å². The van der Waals surface area contributed by atoms with Crippen LogP contribution in [0.3, 0.4) is 0 Å². The molecule has 1 aromatic carbocycles. The van der Waals surface area contributed by atoms with Gasteiger partial charge in [0.2, 0.25) is 0 Å². The van der Waals surface area contributed by atoms with E-state index in [1.165, 1.54) is 17.7 Å². The Kier molecular flexibility index (Phi) is 6.93. The molecule has 0 amide bonds. The first-order valence-electron chi connectivity index (χ1n) is 5.85. The highest BCUT2D eigenvalue weighted by Gasteiger charge is 2.03. The number of halogens is 1. The van der Waals surface area contributed by atoms with Crippen LogP contribution in [0.2, 0.25) is 5.02 Å². The van der Waals surface area contributed by atoms with Gasteiger partial charge in [0.25, 0.3) is 0 Å². The molecule has 0 radical (unpaired) electrons. The summed E-state index contributed by atoms with van der Waals surface area (Å²) in [6.45, 7) is 6.65. The van der Waals surface area contributed by atoms with Crippen LogP contribution in [-0.4, -0.2) is 18.3 Å². The van der Waals surface area contributed by atoms with Crippen molar-refractivity contribution in [2.24, 2.45) is 0 Å². The van der Waals surface area contributed by atoms with E-state index in [1.807, 2.05) is 23.9 Å². The quantitative estimate of drug-likeness (QED) is 0.580. The molecule has 0 heterocycles. The van der Waals surface area contributed by atoms with Crippen molar-refractivity contribution in [2.75, 3.05) is 13.1 Å². The zero-order valence-corrected chi connectivity index (χ0v) is 11.6. The minimum Gasteiger partial charge on any atom is -0.316 e. The maximum atomic E-state index is 5.84. The van der Waals surface area contributed by atoms with E-state index in [9.17, 15) is 0 Å². The summed E-state index contributed by atoms with van der Waals surface area (Å²) in [6, 6.07) is 8.05. The molecule has 90 valence electrons. The topological polar surface area (TPSA) is 12.0 Å². The van der Waals surface area contributed by atoms with Gasteiger partial charge in [-0.05, 0) is 37.2 Å². The largest absolute Gasteiger partial charge is 0.316 e. The third-order valence-electron chi connectivity index (χ3n) is 2.29. The molecule has 1 unspecified atom stereocenters. The molecule has 0 saturated heterocycles. The molecule has 0 fully saturated rings. The fraction of sp³-hybridized carbons (Fsp3) is 0.538. The van der Waals surface area contributed by atoms with Crippen molar-refractivity contribution in [3.8, 4) is 0 Å². The Bertz CT molecular complexity index is 286. The monoisotopic (exact) mass is 257 g/mol. The van der Waals surface area contributed by atoms with Crippen LogP contribution < -0.4 is 5.32 Å². The summed E-state index contributed by atoms with van der Waals surface area (Å²) >= 11 is 7.73. The number of hydrogen-bond acceptors (Lipinski definition) is 2. The van der Waals surface area contributed by atoms with Crippen molar-refractivity contribution in [2.45, 2.75) is 36.8 Å². The predicted octanol–water partition coefficient (Wildman–Crippen LogP) is 4.21. The molecule has 0 saturated carbocycles. The van der Waals surface area contributed by atoms with Crippen molar-refractivity contribution in [3.05, 3.63) is 29.3 Å². The predicted molar refractivity (Wildman–Crippen MR) is 74.5 cm³/mol. The van der Waals surface area contributed by atoms with Gasteiger partial charge in [0.1, 0.15) is 0 Å². The van der Waals surface area contributed by atoms with Gasteiger partial charge >= 0.3 is 0 Å². The molecule has 3 heteroatoms. The van der Waals surface area contributed by atoms with E-state index in [0.29, 0.717) is 5.25 Å².